The molecule has 1 N–H and O–H groups in total. The van der Waals surface area contributed by atoms with Crippen LogP contribution in [0.15, 0.2) is 60.2 Å². The molecule has 2 aromatic carbocycles. The highest BCUT2D eigenvalue weighted by atomic mass is 16.6. The fourth-order valence-corrected chi connectivity index (χ4v) is 4.03. The number of hydrogen-bond acceptors (Lipinski definition) is 5. The van der Waals surface area contributed by atoms with E-state index in [0.717, 1.165) is 10.5 Å². The molecule has 4 rings (SSSR count). The lowest BCUT2D eigenvalue weighted by atomic mass is 9.82. The maximum Gasteiger partial charge on any atom is 0.271 e. The zero-order chi connectivity index (χ0) is 21.4. The standard InChI is InChI=1S/C22H19N3O5/c1-13-9-10-16-18(11-13)22(28)24(21(16)27)19-8-3-2-7-17(19)20(26)23-14-5-4-6-15(12-14)25(29)30/h2-9,12,16,18H,10-11H2,1H3,(H,23,26)/t16-,18-/m1/s1. The summed E-state index contributed by atoms with van der Waals surface area (Å²) in [6.45, 7) is 1.94. The molecule has 1 heterocycles. The quantitative estimate of drug-likeness (QED) is 0.361. The summed E-state index contributed by atoms with van der Waals surface area (Å²) in [6.07, 6.45) is 3.03. The molecule has 0 unspecified atom stereocenters. The SMILES string of the molecule is CC1=CC[C@H]2C(=O)N(c3ccccc3C(=O)Nc3cccc([N+](=O)[O-])c3)C(=O)[C@@H]2C1. The fraction of sp³-hybridized carbons (Fsp3) is 0.227. The second-order valence-electron chi connectivity index (χ2n) is 7.49. The Morgan fingerprint density at radius 1 is 1.10 bits per heavy atom. The second-order valence-corrected chi connectivity index (χ2v) is 7.49. The van der Waals surface area contributed by atoms with E-state index in [2.05, 4.69) is 5.32 Å². The molecular formula is C22H19N3O5. The van der Waals surface area contributed by atoms with Gasteiger partial charge in [0.15, 0.2) is 0 Å². The number of non-ortho nitro benzene ring substituents is 1. The van der Waals surface area contributed by atoms with Gasteiger partial charge in [0.2, 0.25) is 11.8 Å². The number of nitrogens with one attached hydrogen (secondary N) is 1. The van der Waals surface area contributed by atoms with Crippen molar-refractivity contribution in [2.45, 2.75) is 19.8 Å². The first-order valence-corrected chi connectivity index (χ1v) is 9.55. The molecule has 2 atom stereocenters. The van der Waals surface area contributed by atoms with Crippen LogP contribution in [0.1, 0.15) is 30.1 Å². The van der Waals surface area contributed by atoms with Gasteiger partial charge in [-0.3, -0.25) is 24.5 Å². The van der Waals surface area contributed by atoms with Crippen LogP contribution < -0.4 is 10.2 Å². The Bertz CT molecular complexity index is 1110. The Balaban J connectivity index is 1.64. The van der Waals surface area contributed by atoms with E-state index in [1.165, 1.54) is 30.3 Å². The number of carbonyl (C=O) groups excluding carboxylic acids is 3. The summed E-state index contributed by atoms with van der Waals surface area (Å²) in [7, 11) is 0. The predicted octanol–water partition coefficient (Wildman–Crippen LogP) is 3.69. The Kier molecular flexibility index (Phi) is 4.91. The minimum absolute atomic E-state index is 0.147. The van der Waals surface area contributed by atoms with E-state index in [0.29, 0.717) is 12.8 Å². The van der Waals surface area contributed by atoms with E-state index in [-0.39, 0.29) is 34.4 Å². The lowest BCUT2D eigenvalue weighted by Crippen LogP contribution is -2.33. The molecule has 0 saturated carbocycles. The molecule has 1 saturated heterocycles. The number of hydrogen-bond donors (Lipinski definition) is 1. The van der Waals surface area contributed by atoms with Crippen LogP contribution in [-0.4, -0.2) is 22.6 Å². The van der Waals surface area contributed by atoms with Crippen molar-refractivity contribution in [2.75, 3.05) is 10.2 Å². The molecule has 0 bridgehead atoms. The molecule has 0 spiro atoms. The summed E-state index contributed by atoms with van der Waals surface area (Å²) in [6, 6.07) is 11.9. The smallest absolute Gasteiger partial charge is 0.271 e. The molecule has 1 fully saturated rings. The summed E-state index contributed by atoms with van der Waals surface area (Å²) in [5.74, 6) is -1.97. The highest BCUT2D eigenvalue weighted by Crippen LogP contribution is 2.40. The molecule has 0 radical (unpaired) electrons. The van der Waals surface area contributed by atoms with Crippen LogP contribution in [0.4, 0.5) is 17.1 Å². The molecule has 0 aromatic heterocycles. The number of fused-ring (bicyclic) bond motifs is 1. The summed E-state index contributed by atoms with van der Waals surface area (Å²) in [4.78, 5) is 50.4. The van der Waals surface area contributed by atoms with Crippen LogP contribution in [0.5, 0.6) is 0 Å². The molecule has 2 aromatic rings. The highest BCUT2D eigenvalue weighted by molar-refractivity contribution is 6.25. The zero-order valence-electron chi connectivity index (χ0n) is 16.2. The zero-order valence-corrected chi connectivity index (χ0v) is 16.2. The van der Waals surface area contributed by atoms with E-state index in [4.69, 9.17) is 0 Å². The Labute approximate surface area is 172 Å². The molecule has 2 aliphatic rings. The second kappa shape index (κ2) is 7.55. The van der Waals surface area contributed by atoms with E-state index >= 15 is 0 Å². The van der Waals surface area contributed by atoms with Gasteiger partial charge in [-0.25, -0.2) is 4.90 Å². The number of nitro benzene ring substituents is 1. The van der Waals surface area contributed by atoms with E-state index in [1.54, 1.807) is 18.2 Å². The van der Waals surface area contributed by atoms with E-state index in [9.17, 15) is 24.5 Å². The average Bonchev–Trinajstić information content (AvgIpc) is 2.97. The number of amides is 3. The molecule has 152 valence electrons. The van der Waals surface area contributed by atoms with Gasteiger partial charge in [0.05, 0.1) is 28.0 Å². The minimum atomic E-state index is -0.559. The molecule has 1 aliphatic carbocycles. The number of imide groups is 1. The van der Waals surface area contributed by atoms with Gasteiger partial charge in [0.25, 0.3) is 11.6 Å². The number of rotatable bonds is 4. The summed E-state index contributed by atoms with van der Waals surface area (Å²) < 4.78 is 0. The number of allylic oxidation sites excluding steroid dienone is 2. The third-order valence-corrected chi connectivity index (χ3v) is 5.53. The van der Waals surface area contributed by atoms with Gasteiger partial charge in [-0.15, -0.1) is 0 Å². The first-order chi connectivity index (χ1) is 14.4. The first-order valence-electron chi connectivity index (χ1n) is 9.55. The Hall–Kier alpha value is -3.81. The largest absolute Gasteiger partial charge is 0.322 e. The molecule has 8 nitrogen and oxygen atoms in total. The molecule has 3 amide bonds. The normalized spacial score (nSPS) is 20.6. The topological polar surface area (TPSA) is 110 Å². The van der Waals surface area contributed by atoms with Crippen molar-refractivity contribution in [3.63, 3.8) is 0 Å². The number of benzene rings is 2. The predicted molar refractivity (Wildman–Crippen MR) is 110 cm³/mol. The van der Waals surface area contributed by atoms with Gasteiger partial charge >= 0.3 is 0 Å². The van der Waals surface area contributed by atoms with Crippen LogP contribution >= 0.6 is 0 Å². The van der Waals surface area contributed by atoms with Gasteiger partial charge in [-0.1, -0.05) is 29.8 Å². The summed E-state index contributed by atoms with van der Waals surface area (Å²) in [5, 5.41) is 13.6. The van der Waals surface area contributed by atoms with Crippen molar-refractivity contribution in [1.29, 1.82) is 0 Å². The van der Waals surface area contributed by atoms with Gasteiger partial charge in [-0.05, 0) is 38.0 Å². The van der Waals surface area contributed by atoms with Crippen LogP contribution in [0.25, 0.3) is 0 Å². The monoisotopic (exact) mass is 405 g/mol. The number of nitrogens with zero attached hydrogens (tertiary/aromatic N) is 2. The number of anilines is 2. The van der Waals surface area contributed by atoms with E-state index < -0.39 is 22.7 Å². The summed E-state index contributed by atoms with van der Waals surface area (Å²) in [5.41, 5.74) is 1.54. The van der Waals surface area contributed by atoms with Crippen molar-refractivity contribution in [2.24, 2.45) is 11.8 Å². The minimum Gasteiger partial charge on any atom is -0.322 e. The third-order valence-electron chi connectivity index (χ3n) is 5.53. The van der Waals surface area contributed by atoms with Gasteiger partial charge in [-0.2, -0.15) is 0 Å². The van der Waals surface area contributed by atoms with Crippen LogP contribution in [0.2, 0.25) is 0 Å². The lowest BCUT2D eigenvalue weighted by molar-refractivity contribution is -0.384. The highest BCUT2D eigenvalue weighted by Gasteiger charge is 2.49. The Morgan fingerprint density at radius 2 is 1.83 bits per heavy atom. The third kappa shape index (κ3) is 3.36. The summed E-state index contributed by atoms with van der Waals surface area (Å²) >= 11 is 0. The van der Waals surface area contributed by atoms with Crippen molar-refractivity contribution in [3.8, 4) is 0 Å². The van der Waals surface area contributed by atoms with Crippen molar-refractivity contribution >= 4 is 34.8 Å². The maximum absolute atomic E-state index is 13.0. The van der Waals surface area contributed by atoms with Crippen LogP contribution in [-0.2, 0) is 9.59 Å². The van der Waals surface area contributed by atoms with Crippen LogP contribution in [0.3, 0.4) is 0 Å². The molecular weight excluding hydrogens is 386 g/mol. The Morgan fingerprint density at radius 3 is 2.60 bits per heavy atom. The van der Waals surface area contributed by atoms with Crippen molar-refractivity contribution < 1.29 is 19.3 Å². The number of para-hydroxylation sites is 1. The van der Waals surface area contributed by atoms with Crippen molar-refractivity contribution in [1.82, 2.24) is 0 Å². The van der Waals surface area contributed by atoms with Gasteiger partial charge < -0.3 is 5.32 Å². The van der Waals surface area contributed by atoms with Crippen molar-refractivity contribution in [3.05, 3.63) is 75.9 Å². The average molecular weight is 405 g/mol. The van der Waals surface area contributed by atoms with Gasteiger partial charge in [0, 0.05) is 17.8 Å². The lowest BCUT2D eigenvalue weighted by Gasteiger charge is -2.19. The van der Waals surface area contributed by atoms with E-state index in [1.807, 2.05) is 13.0 Å². The molecule has 8 heteroatoms. The number of nitro groups is 1. The maximum atomic E-state index is 13.0. The fourth-order valence-electron chi connectivity index (χ4n) is 4.03. The molecule has 30 heavy (non-hydrogen) atoms. The first kappa shape index (κ1) is 19.5. The van der Waals surface area contributed by atoms with Crippen LogP contribution in [0, 0.1) is 22.0 Å². The van der Waals surface area contributed by atoms with Gasteiger partial charge in [0.1, 0.15) is 0 Å². The number of carbonyl (C=O) groups is 3. The molecule has 1 aliphatic heterocycles.